The highest BCUT2D eigenvalue weighted by Crippen LogP contribution is 2.34. The van der Waals surface area contributed by atoms with E-state index in [9.17, 15) is 5.11 Å². The molecule has 1 aromatic heterocycles. The minimum absolute atomic E-state index is 0.213. The molecule has 72 valence electrons. The Labute approximate surface area is 85.8 Å². The van der Waals surface area contributed by atoms with E-state index < -0.39 is 0 Å². The summed E-state index contributed by atoms with van der Waals surface area (Å²) in [5.74, 6) is 0.213. The fourth-order valence-electron chi connectivity index (χ4n) is 1.31. The first-order valence-electron chi connectivity index (χ1n) is 4.20. The molecule has 0 aliphatic rings. The van der Waals surface area contributed by atoms with Gasteiger partial charge in [-0.25, -0.2) is 4.98 Å². The first kappa shape index (κ1) is 9.02. The highest BCUT2D eigenvalue weighted by Gasteiger charge is 2.11. The zero-order valence-corrected chi connectivity index (χ0v) is 8.51. The Bertz CT molecular complexity index is 465. The molecule has 0 aliphatic heterocycles. The van der Waals surface area contributed by atoms with Crippen LogP contribution in [0.5, 0.6) is 5.75 Å². The van der Waals surface area contributed by atoms with Gasteiger partial charge in [-0.1, -0.05) is 12.1 Å². The number of rotatable bonds is 1. The summed E-state index contributed by atoms with van der Waals surface area (Å²) in [6.07, 6.45) is 0. The normalized spacial score (nSPS) is 10.4. The van der Waals surface area contributed by atoms with E-state index in [1.54, 1.807) is 18.2 Å². The van der Waals surface area contributed by atoms with E-state index in [-0.39, 0.29) is 5.75 Å². The van der Waals surface area contributed by atoms with Gasteiger partial charge in [-0.3, -0.25) is 0 Å². The van der Waals surface area contributed by atoms with Crippen molar-refractivity contribution in [3.05, 3.63) is 29.3 Å². The Balaban J connectivity index is 2.60. The van der Waals surface area contributed by atoms with Gasteiger partial charge in [-0.15, -0.1) is 11.3 Å². The Morgan fingerprint density at radius 1 is 1.36 bits per heavy atom. The van der Waals surface area contributed by atoms with Gasteiger partial charge in [0.05, 0.1) is 5.01 Å². The van der Waals surface area contributed by atoms with E-state index in [0.717, 1.165) is 5.01 Å². The lowest BCUT2D eigenvalue weighted by molar-refractivity contribution is 0.477. The van der Waals surface area contributed by atoms with Crippen LogP contribution in [0.4, 0.5) is 5.00 Å². The van der Waals surface area contributed by atoms with Crippen LogP contribution in [-0.2, 0) is 0 Å². The lowest BCUT2D eigenvalue weighted by Gasteiger charge is -2.00. The number of phenols is 1. The molecule has 0 radical (unpaired) electrons. The van der Waals surface area contributed by atoms with Gasteiger partial charge in [-0.05, 0) is 19.1 Å². The molecule has 2 rings (SSSR count). The van der Waals surface area contributed by atoms with Crippen LogP contribution in [0.1, 0.15) is 5.01 Å². The second kappa shape index (κ2) is 3.31. The summed E-state index contributed by atoms with van der Waals surface area (Å²) in [6.45, 7) is 1.89. The molecule has 0 saturated carbocycles. The predicted octanol–water partition coefficient (Wildman–Crippen LogP) is 2.41. The molecule has 3 nitrogen and oxygen atoms in total. The van der Waals surface area contributed by atoms with Gasteiger partial charge in [-0.2, -0.15) is 0 Å². The van der Waals surface area contributed by atoms with E-state index in [1.165, 1.54) is 11.3 Å². The van der Waals surface area contributed by atoms with E-state index in [2.05, 4.69) is 4.98 Å². The van der Waals surface area contributed by atoms with Crippen LogP contribution >= 0.6 is 11.3 Å². The number of thiazole rings is 1. The fourth-order valence-corrected chi connectivity index (χ4v) is 2.02. The third-order valence-electron chi connectivity index (χ3n) is 1.92. The molecule has 0 saturated heterocycles. The third kappa shape index (κ3) is 1.44. The van der Waals surface area contributed by atoms with Gasteiger partial charge in [0, 0.05) is 5.56 Å². The maximum Gasteiger partial charge on any atom is 0.125 e. The number of benzene rings is 1. The Kier molecular flexibility index (Phi) is 2.13. The standard InChI is InChI=1S/C10H10N2OS/c1-6-12-9(10(11)14-6)7-4-2-3-5-8(7)13/h2-5,13H,11H2,1H3. The summed E-state index contributed by atoms with van der Waals surface area (Å²) < 4.78 is 0. The number of nitrogens with zero attached hydrogens (tertiary/aromatic N) is 1. The van der Waals surface area contributed by atoms with Crippen molar-refractivity contribution in [3.63, 3.8) is 0 Å². The lowest BCUT2D eigenvalue weighted by Crippen LogP contribution is -1.86. The molecular weight excluding hydrogens is 196 g/mol. The van der Waals surface area contributed by atoms with Crippen LogP contribution < -0.4 is 5.73 Å². The van der Waals surface area contributed by atoms with Crippen molar-refractivity contribution in [3.8, 4) is 17.0 Å². The summed E-state index contributed by atoms with van der Waals surface area (Å²) in [4.78, 5) is 4.27. The fraction of sp³-hybridized carbons (Fsp3) is 0.100. The van der Waals surface area contributed by atoms with E-state index in [4.69, 9.17) is 5.73 Å². The number of aromatic nitrogens is 1. The topological polar surface area (TPSA) is 59.1 Å². The van der Waals surface area contributed by atoms with Crippen molar-refractivity contribution in [2.75, 3.05) is 5.73 Å². The number of aryl methyl sites for hydroxylation is 1. The number of hydrogen-bond donors (Lipinski definition) is 2. The van der Waals surface area contributed by atoms with Crippen molar-refractivity contribution >= 4 is 16.3 Å². The molecule has 3 N–H and O–H groups in total. The zero-order chi connectivity index (χ0) is 10.1. The van der Waals surface area contributed by atoms with Crippen molar-refractivity contribution in [1.82, 2.24) is 4.98 Å². The van der Waals surface area contributed by atoms with Crippen molar-refractivity contribution in [2.24, 2.45) is 0 Å². The molecule has 14 heavy (non-hydrogen) atoms. The number of hydrogen-bond acceptors (Lipinski definition) is 4. The number of nitrogens with two attached hydrogens (primary N) is 1. The van der Waals surface area contributed by atoms with Gasteiger partial charge in [0.15, 0.2) is 0 Å². The summed E-state index contributed by atoms with van der Waals surface area (Å²) in [7, 11) is 0. The molecule has 0 aliphatic carbocycles. The molecule has 0 fully saturated rings. The molecule has 1 aromatic carbocycles. The van der Waals surface area contributed by atoms with Crippen molar-refractivity contribution in [1.29, 1.82) is 0 Å². The summed E-state index contributed by atoms with van der Waals surface area (Å²) in [5.41, 5.74) is 7.15. The first-order valence-corrected chi connectivity index (χ1v) is 5.01. The van der Waals surface area contributed by atoms with Crippen LogP contribution in [0.25, 0.3) is 11.3 Å². The average Bonchev–Trinajstić information content (AvgIpc) is 2.46. The second-order valence-electron chi connectivity index (χ2n) is 2.96. The highest BCUT2D eigenvalue weighted by atomic mass is 32.1. The van der Waals surface area contributed by atoms with Crippen LogP contribution in [0.3, 0.4) is 0 Å². The van der Waals surface area contributed by atoms with Crippen LogP contribution in [0.2, 0.25) is 0 Å². The number of anilines is 1. The smallest absolute Gasteiger partial charge is 0.125 e. The van der Waals surface area contributed by atoms with Gasteiger partial charge < -0.3 is 10.8 Å². The number of para-hydroxylation sites is 1. The molecule has 0 unspecified atom stereocenters. The van der Waals surface area contributed by atoms with Crippen LogP contribution in [0, 0.1) is 6.92 Å². The lowest BCUT2D eigenvalue weighted by atomic mass is 10.1. The maximum atomic E-state index is 9.61. The van der Waals surface area contributed by atoms with Crippen molar-refractivity contribution < 1.29 is 5.11 Å². The first-order chi connectivity index (χ1) is 6.68. The molecule has 1 heterocycles. The van der Waals surface area contributed by atoms with Gasteiger partial charge >= 0.3 is 0 Å². The largest absolute Gasteiger partial charge is 0.507 e. The number of nitrogen functional groups attached to an aromatic ring is 1. The molecular formula is C10H10N2OS. The van der Waals surface area contributed by atoms with E-state index >= 15 is 0 Å². The van der Waals surface area contributed by atoms with E-state index in [1.807, 2.05) is 13.0 Å². The SMILES string of the molecule is Cc1nc(-c2ccccc2O)c(N)s1. The molecule has 0 spiro atoms. The Morgan fingerprint density at radius 3 is 2.64 bits per heavy atom. The third-order valence-corrected chi connectivity index (χ3v) is 2.72. The predicted molar refractivity (Wildman–Crippen MR) is 58.4 cm³/mol. The molecule has 2 aromatic rings. The Hall–Kier alpha value is -1.55. The Morgan fingerprint density at radius 2 is 2.07 bits per heavy atom. The molecule has 0 atom stereocenters. The number of phenolic OH excluding ortho intramolecular Hbond substituents is 1. The monoisotopic (exact) mass is 206 g/mol. The van der Waals surface area contributed by atoms with Crippen LogP contribution in [-0.4, -0.2) is 10.1 Å². The summed E-state index contributed by atoms with van der Waals surface area (Å²) in [5, 5.41) is 11.2. The highest BCUT2D eigenvalue weighted by molar-refractivity contribution is 7.16. The average molecular weight is 206 g/mol. The second-order valence-corrected chi connectivity index (χ2v) is 4.20. The molecule has 0 amide bonds. The quantitative estimate of drug-likeness (QED) is 0.753. The van der Waals surface area contributed by atoms with Gasteiger partial charge in [0.1, 0.15) is 16.4 Å². The van der Waals surface area contributed by atoms with Gasteiger partial charge in [0.2, 0.25) is 0 Å². The van der Waals surface area contributed by atoms with Crippen molar-refractivity contribution in [2.45, 2.75) is 6.92 Å². The summed E-state index contributed by atoms with van der Waals surface area (Å²) in [6, 6.07) is 7.06. The summed E-state index contributed by atoms with van der Waals surface area (Å²) >= 11 is 1.43. The minimum Gasteiger partial charge on any atom is -0.507 e. The zero-order valence-electron chi connectivity index (χ0n) is 7.69. The van der Waals surface area contributed by atoms with Crippen LogP contribution in [0.15, 0.2) is 24.3 Å². The van der Waals surface area contributed by atoms with E-state index in [0.29, 0.717) is 16.3 Å². The molecule has 4 heteroatoms. The molecule has 0 bridgehead atoms. The maximum absolute atomic E-state index is 9.61. The number of aromatic hydroxyl groups is 1. The minimum atomic E-state index is 0.213. The van der Waals surface area contributed by atoms with Gasteiger partial charge in [0.25, 0.3) is 0 Å².